The summed E-state index contributed by atoms with van der Waals surface area (Å²) in [5.41, 5.74) is 2.07. The van der Waals surface area contributed by atoms with Crippen LogP contribution in [0.3, 0.4) is 0 Å². The molecule has 0 fully saturated rings. The number of hydrogen-bond acceptors (Lipinski definition) is 4. The van der Waals surface area contributed by atoms with Gasteiger partial charge in [-0.3, -0.25) is 4.79 Å². The number of carbonyl (C=O) groups is 1. The molecule has 0 aromatic carbocycles. The maximum absolute atomic E-state index is 12.0. The third kappa shape index (κ3) is 2.36. The molecule has 5 nitrogen and oxygen atoms in total. The van der Waals surface area contributed by atoms with Gasteiger partial charge in [-0.05, 0) is 38.3 Å². The van der Waals surface area contributed by atoms with Crippen LogP contribution in [-0.2, 0) is 6.42 Å². The first-order valence-electron chi connectivity index (χ1n) is 6.41. The highest BCUT2D eigenvalue weighted by atomic mass is 16.3. The monoisotopic (exact) mass is 257 g/mol. The number of fused-ring (bicyclic) bond motifs is 1. The molecule has 0 bridgehead atoms. The van der Waals surface area contributed by atoms with Crippen molar-refractivity contribution in [3.8, 4) is 0 Å². The minimum atomic E-state index is -0.191. The van der Waals surface area contributed by atoms with E-state index in [9.17, 15) is 4.79 Å². The molecule has 2 aromatic heterocycles. The van der Waals surface area contributed by atoms with Crippen molar-refractivity contribution in [2.45, 2.75) is 32.2 Å². The molecule has 1 atom stereocenters. The van der Waals surface area contributed by atoms with E-state index >= 15 is 0 Å². The van der Waals surface area contributed by atoms with Crippen LogP contribution in [0.1, 0.15) is 46.5 Å². The zero-order chi connectivity index (χ0) is 13.2. The summed E-state index contributed by atoms with van der Waals surface area (Å²) in [6, 6.07) is 3.34. The number of furan rings is 1. The summed E-state index contributed by atoms with van der Waals surface area (Å²) < 4.78 is 5.10. The summed E-state index contributed by atoms with van der Waals surface area (Å²) in [6.07, 6.45) is 6.20. The van der Waals surface area contributed by atoms with Crippen molar-refractivity contribution in [1.82, 2.24) is 15.3 Å². The summed E-state index contributed by atoms with van der Waals surface area (Å²) >= 11 is 0. The maximum Gasteiger partial charge on any atom is 0.287 e. The molecular formula is C14H15N3O2. The lowest BCUT2D eigenvalue weighted by molar-refractivity contribution is 0.0904. The summed E-state index contributed by atoms with van der Waals surface area (Å²) in [5, 5.41) is 2.98. The van der Waals surface area contributed by atoms with Crippen molar-refractivity contribution < 1.29 is 9.21 Å². The van der Waals surface area contributed by atoms with Gasteiger partial charge in [0, 0.05) is 17.5 Å². The van der Waals surface area contributed by atoms with Crippen molar-refractivity contribution in [3.05, 3.63) is 47.4 Å². The minimum Gasteiger partial charge on any atom is -0.459 e. The molecule has 2 heterocycles. The number of hydrogen-bond donors (Lipinski definition) is 1. The van der Waals surface area contributed by atoms with E-state index in [1.54, 1.807) is 12.1 Å². The van der Waals surface area contributed by atoms with E-state index in [1.807, 2.05) is 13.1 Å². The number of nitrogens with zero attached hydrogens (tertiary/aromatic N) is 2. The molecule has 0 saturated heterocycles. The number of nitrogens with one attached hydrogen (secondary N) is 1. The maximum atomic E-state index is 12.0. The van der Waals surface area contributed by atoms with Crippen LogP contribution in [0, 0.1) is 6.92 Å². The molecule has 0 radical (unpaired) electrons. The molecule has 98 valence electrons. The molecule has 1 N–H and O–H groups in total. The molecule has 19 heavy (non-hydrogen) atoms. The van der Waals surface area contributed by atoms with Crippen molar-refractivity contribution >= 4 is 5.91 Å². The van der Waals surface area contributed by atoms with E-state index in [1.165, 1.54) is 6.26 Å². The zero-order valence-electron chi connectivity index (χ0n) is 10.7. The van der Waals surface area contributed by atoms with Crippen LogP contribution >= 0.6 is 0 Å². The lowest BCUT2D eigenvalue weighted by Gasteiger charge is -2.25. The highest BCUT2D eigenvalue weighted by Crippen LogP contribution is 2.28. The van der Waals surface area contributed by atoms with Gasteiger partial charge in [0.2, 0.25) is 0 Å². The molecule has 0 spiro atoms. The molecule has 0 unspecified atom stereocenters. The van der Waals surface area contributed by atoms with Gasteiger partial charge in [-0.1, -0.05) is 0 Å². The SMILES string of the molecule is Cc1ncc2c(n1)CCC[C@H]2NC(=O)c1ccco1. The van der Waals surface area contributed by atoms with Crippen LogP contribution in [0.5, 0.6) is 0 Å². The van der Waals surface area contributed by atoms with E-state index in [0.717, 1.165) is 36.3 Å². The molecule has 0 saturated carbocycles. The Balaban J connectivity index is 1.82. The predicted octanol–water partition coefficient (Wildman–Crippen LogP) is 2.19. The number of aryl methyl sites for hydroxylation is 2. The first-order valence-corrected chi connectivity index (χ1v) is 6.41. The first kappa shape index (κ1) is 11.9. The average Bonchev–Trinajstić information content (AvgIpc) is 2.92. The van der Waals surface area contributed by atoms with Crippen LogP contribution in [0.15, 0.2) is 29.0 Å². The van der Waals surface area contributed by atoms with Gasteiger partial charge in [0.15, 0.2) is 5.76 Å². The van der Waals surface area contributed by atoms with E-state index < -0.39 is 0 Å². The minimum absolute atomic E-state index is 0.0260. The topological polar surface area (TPSA) is 68.0 Å². The van der Waals surface area contributed by atoms with Crippen LogP contribution in [0.25, 0.3) is 0 Å². The second-order valence-corrected chi connectivity index (χ2v) is 4.71. The summed E-state index contributed by atoms with van der Waals surface area (Å²) in [7, 11) is 0. The van der Waals surface area contributed by atoms with Crippen molar-refractivity contribution in [3.63, 3.8) is 0 Å². The molecule has 1 aliphatic rings. The number of carbonyl (C=O) groups excluding carboxylic acids is 1. The highest BCUT2D eigenvalue weighted by Gasteiger charge is 2.24. The summed E-state index contributed by atoms with van der Waals surface area (Å²) in [6.45, 7) is 1.88. The third-order valence-electron chi connectivity index (χ3n) is 3.35. The molecule has 1 amide bonds. The second-order valence-electron chi connectivity index (χ2n) is 4.71. The fourth-order valence-electron chi connectivity index (χ4n) is 2.43. The van der Waals surface area contributed by atoms with Gasteiger partial charge in [-0.15, -0.1) is 0 Å². The molecule has 2 aromatic rings. The second kappa shape index (κ2) is 4.84. The largest absolute Gasteiger partial charge is 0.459 e. The highest BCUT2D eigenvalue weighted by molar-refractivity contribution is 5.91. The third-order valence-corrected chi connectivity index (χ3v) is 3.35. The van der Waals surface area contributed by atoms with Gasteiger partial charge < -0.3 is 9.73 Å². The lowest BCUT2D eigenvalue weighted by Crippen LogP contribution is -2.31. The van der Waals surface area contributed by atoms with Crippen molar-refractivity contribution in [2.75, 3.05) is 0 Å². The van der Waals surface area contributed by atoms with E-state index in [0.29, 0.717) is 5.76 Å². The van der Waals surface area contributed by atoms with E-state index in [2.05, 4.69) is 15.3 Å². The Morgan fingerprint density at radius 2 is 2.42 bits per heavy atom. The number of amides is 1. The average molecular weight is 257 g/mol. The standard InChI is InChI=1S/C14H15N3O2/c1-9-15-8-10-11(16-9)4-2-5-12(10)17-14(18)13-6-3-7-19-13/h3,6-8,12H,2,4-5H2,1H3,(H,17,18)/t12-/m1/s1. The Bertz CT molecular complexity index is 593. The smallest absolute Gasteiger partial charge is 0.287 e. The van der Waals surface area contributed by atoms with Crippen molar-refractivity contribution in [1.29, 1.82) is 0 Å². The van der Waals surface area contributed by atoms with Gasteiger partial charge >= 0.3 is 0 Å². The van der Waals surface area contributed by atoms with Crippen LogP contribution in [-0.4, -0.2) is 15.9 Å². The fraction of sp³-hybridized carbons (Fsp3) is 0.357. The van der Waals surface area contributed by atoms with Crippen LogP contribution in [0.2, 0.25) is 0 Å². The zero-order valence-corrected chi connectivity index (χ0v) is 10.7. The van der Waals surface area contributed by atoms with E-state index in [4.69, 9.17) is 4.42 Å². The Labute approximate surface area is 111 Å². The first-order chi connectivity index (χ1) is 9.24. The van der Waals surface area contributed by atoms with Crippen LogP contribution < -0.4 is 5.32 Å². The Morgan fingerprint density at radius 1 is 1.53 bits per heavy atom. The predicted molar refractivity (Wildman–Crippen MR) is 68.6 cm³/mol. The summed E-state index contributed by atoms with van der Waals surface area (Å²) in [5.74, 6) is 0.917. The molecule has 0 aliphatic heterocycles. The quantitative estimate of drug-likeness (QED) is 0.895. The van der Waals surface area contributed by atoms with Crippen molar-refractivity contribution in [2.24, 2.45) is 0 Å². The molecule has 3 rings (SSSR count). The van der Waals surface area contributed by atoms with E-state index in [-0.39, 0.29) is 11.9 Å². The fourth-order valence-corrected chi connectivity index (χ4v) is 2.43. The van der Waals surface area contributed by atoms with Gasteiger partial charge in [0.1, 0.15) is 5.82 Å². The number of rotatable bonds is 2. The molecule has 5 heteroatoms. The van der Waals surface area contributed by atoms with Gasteiger partial charge in [0.25, 0.3) is 5.91 Å². The lowest BCUT2D eigenvalue weighted by atomic mass is 9.92. The molecule has 1 aliphatic carbocycles. The Hall–Kier alpha value is -2.17. The van der Waals surface area contributed by atoms with Gasteiger partial charge in [-0.2, -0.15) is 0 Å². The Morgan fingerprint density at radius 3 is 3.21 bits per heavy atom. The Kier molecular flexibility index (Phi) is 3.03. The van der Waals surface area contributed by atoms with Gasteiger partial charge in [-0.25, -0.2) is 9.97 Å². The molecular weight excluding hydrogens is 242 g/mol. The number of aromatic nitrogens is 2. The summed E-state index contributed by atoms with van der Waals surface area (Å²) in [4.78, 5) is 20.7. The normalized spacial score (nSPS) is 17.8. The van der Waals surface area contributed by atoms with Gasteiger partial charge in [0.05, 0.1) is 12.3 Å². The van der Waals surface area contributed by atoms with Crippen LogP contribution in [0.4, 0.5) is 0 Å².